The van der Waals surface area contributed by atoms with Gasteiger partial charge in [0.05, 0.1) is 0 Å². The fourth-order valence-corrected chi connectivity index (χ4v) is 2.33. The highest BCUT2D eigenvalue weighted by Gasteiger charge is 2.44. The van der Waals surface area contributed by atoms with Crippen LogP contribution in [0.2, 0.25) is 18.0 Å². The maximum absolute atomic E-state index is 2.42. The van der Waals surface area contributed by atoms with Crippen LogP contribution < -0.4 is 0 Å². The van der Waals surface area contributed by atoms with Gasteiger partial charge in [-0.05, 0) is 11.3 Å². The van der Waals surface area contributed by atoms with Crippen LogP contribution in [0.25, 0.3) is 0 Å². The van der Waals surface area contributed by atoms with Crippen LogP contribution in [0.3, 0.4) is 0 Å². The van der Waals surface area contributed by atoms with Crippen molar-refractivity contribution >= 4 is 6.71 Å². The fourth-order valence-electron chi connectivity index (χ4n) is 2.33. The summed E-state index contributed by atoms with van der Waals surface area (Å²) in [7, 11) is 0. The van der Waals surface area contributed by atoms with Gasteiger partial charge in [0.15, 0.2) is 0 Å². The molecule has 0 spiro atoms. The van der Waals surface area contributed by atoms with Crippen molar-refractivity contribution in [2.45, 2.75) is 59.5 Å². The quantitative estimate of drug-likeness (QED) is 0.478. The van der Waals surface area contributed by atoms with Crippen LogP contribution in [0.1, 0.15) is 41.5 Å². The molecule has 0 N–H and O–H groups in total. The van der Waals surface area contributed by atoms with Gasteiger partial charge in [-0.15, -0.1) is 0 Å². The van der Waals surface area contributed by atoms with Crippen LogP contribution in [-0.2, 0) is 0 Å². The van der Waals surface area contributed by atoms with E-state index < -0.39 is 0 Å². The normalized spacial score (nSPS) is 29.5. The molecule has 1 aliphatic rings. The fraction of sp³-hybridized carbons (Fsp3) is 1.00. The first-order chi connectivity index (χ1) is 5.23. The largest absolute Gasteiger partial charge is 0.146 e. The van der Waals surface area contributed by atoms with E-state index in [1.807, 2.05) is 0 Å². The molecule has 0 nitrogen and oxygen atoms in total. The minimum Gasteiger partial charge on any atom is -0.0706 e. The highest BCUT2D eigenvalue weighted by molar-refractivity contribution is 6.63. The molecule has 1 rings (SSSR count). The topological polar surface area (TPSA) is 0 Å². The molecule has 0 aromatic heterocycles. The standard InChI is InChI=1S/C11H23B/c1-9-7-12(10(2,3)4)8-11(9,5)6/h9H,7-8H2,1-6H3. The van der Waals surface area contributed by atoms with Crippen LogP contribution in [0, 0.1) is 11.3 Å². The monoisotopic (exact) mass is 166 g/mol. The van der Waals surface area contributed by atoms with E-state index in [2.05, 4.69) is 41.5 Å². The first-order valence-electron chi connectivity index (χ1n) is 5.23. The van der Waals surface area contributed by atoms with Gasteiger partial charge in [0.2, 0.25) is 0 Å². The van der Waals surface area contributed by atoms with E-state index in [9.17, 15) is 0 Å². The van der Waals surface area contributed by atoms with Crippen molar-refractivity contribution in [1.29, 1.82) is 0 Å². The third kappa shape index (κ3) is 1.86. The van der Waals surface area contributed by atoms with Crippen molar-refractivity contribution in [2.75, 3.05) is 0 Å². The lowest BCUT2D eigenvalue weighted by atomic mass is 9.33. The Labute approximate surface area is 78.2 Å². The molecular weight excluding hydrogens is 143 g/mol. The van der Waals surface area contributed by atoms with Gasteiger partial charge in [-0.2, -0.15) is 0 Å². The molecule has 0 aromatic rings. The third-order valence-electron chi connectivity index (χ3n) is 3.97. The Morgan fingerprint density at radius 2 is 1.75 bits per heavy atom. The SMILES string of the molecule is CC1CB(C(C)(C)C)CC1(C)C. The Balaban J connectivity index is 2.67. The summed E-state index contributed by atoms with van der Waals surface area (Å²) < 4.78 is 0. The summed E-state index contributed by atoms with van der Waals surface area (Å²) in [6, 6.07) is 0. The molecular formula is C11H23B. The highest BCUT2D eigenvalue weighted by atomic mass is 14.3. The van der Waals surface area contributed by atoms with Gasteiger partial charge < -0.3 is 0 Å². The maximum Gasteiger partial charge on any atom is 0.146 e. The lowest BCUT2D eigenvalue weighted by molar-refractivity contribution is 0.306. The van der Waals surface area contributed by atoms with E-state index in [4.69, 9.17) is 0 Å². The Morgan fingerprint density at radius 1 is 1.25 bits per heavy atom. The maximum atomic E-state index is 2.42. The van der Waals surface area contributed by atoms with Gasteiger partial charge in [0.25, 0.3) is 0 Å². The summed E-state index contributed by atoms with van der Waals surface area (Å²) in [5.41, 5.74) is 0.581. The molecule has 1 atom stereocenters. The molecule has 12 heavy (non-hydrogen) atoms. The first kappa shape index (κ1) is 10.1. The molecule has 0 radical (unpaired) electrons. The number of hydrogen-bond acceptors (Lipinski definition) is 0. The molecule has 1 aliphatic heterocycles. The van der Waals surface area contributed by atoms with Crippen LogP contribution >= 0.6 is 0 Å². The lowest BCUT2D eigenvalue weighted by Crippen LogP contribution is -2.22. The molecule has 0 aliphatic carbocycles. The minimum absolute atomic E-state index is 0.516. The van der Waals surface area contributed by atoms with Crippen LogP contribution in [0.15, 0.2) is 0 Å². The van der Waals surface area contributed by atoms with E-state index in [0.29, 0.717) is 10.7 Å². The molecule has 0 amide bonds. The smallest absolute Gasteiger partial charge is 0.0706 e. The Hall–Kier alpha value is 0.0649. The van der Waals surface area contributed by atoms with Gasteiger partial charge in [0, 0.05) is 0 Å². The zero-order valence-electron chi connectivity index (χ0n) is 9.57. The Morgan fingerprint density at radius 3 is 1.92 bits per heavy atom. The predicted octanol–water partition coefficient (Wildman–Crippen LogP) is 3.96. The predicted molar refractivity (Wildman–Crippen MR) is 58.0 cm³/mol. The van der Waals surface area contributed by atoms with Crippen molar-refractivity contribution < 1.29 is 0 Å². The average molecular weight is 166 g/mol. The zero-order valence-corrected chi connectivity index (χ0v) is 9.57. The molecule has 1 heterocycles. The van der Waals surface area contributed by atoms with Crippen molar-refractivity contribution in [3.05, 3.63) is 0 Å². The molecule has 1 heteroatoms. The van der Waals surface area contributed by atoms with Crippen LogP contribution in [0.4, 0.5) is 0 Å². The Kier molecular flexibility index (Phi) is 2.35. The van der Waals surface area contributed by atoms with Gasteiger partial charge in [0.1, 0.15) is 6.71 Å². The lowest BCUT2D eigenvalue weighted by Gasteiger charge is -2.26. The number of rotatable bonds is 0. The van der Waals surface area contributed by atoms with E-state index >= 15 is 0 Å². The van der Waals surface area contributed by atoms with E-state index in [1.54, 1.807) is 0 Å². The zero-order chi connectivity index (χ0) is 9.57. The summed E-state index contributed by atoms with van der Waals surface area (Å²) >= 11 is 0. The van der Waals surface area contributed by atoms with Crippen LogP contribution in [-0.4, -0.2) is 6.71 Å². The van der Waals surface area contributed by atoms with Gasteiger partial charge in [-0.3, -0.25) is 0 Å². The molecule has 0 aromatic carbocycles. The molecule has 1 unspecified atom stereocenters. The summed E-state index contributed by atoms with van der Waals surface area (Å²) in [5.74, 6) is 0.904. The number of hydrogen-bond donors (Lipinski definition) is 0. The molecule has 70 valence electrons. The van der Waals surface area contributed by atoms with E-state index in [1.165, 1.54) is 12.6 Å². The average Bonchev–Trinajstić information content (AvgIpc) is 2.06. The second-order valence-electron chi connectivity index (χ2n) is 6.39. The molecule has 0 saturated carbocycles. The van der Waals surface area contributed by atoms with Crippen molar-refractivity contribution in [1.82, 2.24) is 0 Å². The summed E-state index contributed by atoms with van der Waals surface area (Å²) in [6.45, 7) is 15.3. The van der Waals surface area contributed by atoms with Gasteiger partial charge in [-0.1, -0.05) is 59.5 Å². The summed E-state index contributed by atoms with van der Waals surface area (Å²) in [6.07, 6.45) is 2.84. The van der Waals surface area contributed by atoms with Crippen molar-refractivity contribution in [3.8, 4) is 0 Å². The summed E-state index contributed by atoms with van der Waals surface area (Å²) in [4.78, 5) is 0. The minimum atomic E-state index is 0.516. The highest BCUT2D eigenvalue weighted by Crippen LogP contribution is 2.50. The second kappa shape index (κ2) is 2.78. The summed E-state index contributed by atoms with van der Waals surface area (Å²) in [5, 5.41) is 0.516. The van der Waals surface area contributed by atoms with E-state index in [0.717, 1.165) is 12.6 Å². The van der Waals surface area contributed by atoms with Gasteiger partial charge in [-0.25, -0.2) is 0 Å². The molecule has 1 saturated heterocycles. The first-order valence-corrected chi connectivity index (χ1v) is 5.23. The van der Waals surface area contributed by atoms with Crippen molar-refractivity contribution in [2.24, 2.45) is 11.3 Å². The Bertz CT molecular complexity index is 164. The third-order valence-corrected chi connectivity index (χ3v) is 3.97. The van der Waals surface area contributed by atoms with Gasteiger partial charge >= 0.3 is 0 Å². The second-order valence-corrected chi connectivity index (χ2v) is 6.39. The van der Waals surface area contributed by atoms with Crippen molar-refractivity contribution in [3.63, 3.8) is 0 Å². The van der Waals surface area contributed by atoms with Crippen LogP contribution in [0.5, 0.6) is 0 Å². The molecule has 0 bridgehead atoms. The molecule has 1 fully saturated rings. The van der Waals surface area contributed by atoms with E-state index in [-0.39, 0.29) is 0 Å².